The Labute approximate surface area is 120 Å². The van der Waals surface area contributed by atoms with Crippen LogP contribution in [-0.4, -0.2) is 53.2 Å². The second kappa shape index (κ2) is 6.21. The van der Waals surface area contributed by atoms with Crippen molar-refractivity contribution in [1.29, 1.82) is 0 Å². The molecule has 2 aliphatic rings. The lowest BCUT2D eigenvalue weighted by Gasteiger charge is -2.25. The van der Waals surface area contributed by atoms with Crippen molar-refractivity contribution in [3.63, 3.8) is 0 Å². The molecule has 0 aromatic rings. The SMILES string of the molecule is O=C(O)CN(CC(F)(F)F)C(=O)C1CC2CCCCC2N1. The van der Waals surface area contributed by atoms with Crippen LogP contribution in [0, 0.1) is 5.92 Å². The van der Waals surface area contributed by atoms with Gasteiger partial charge in [0.25, 0.3) is 0 Å². The van der Waals surface area contributed by atoms with Crippen LogP contribution in [0.4, 0.5) is 13.2 Å². The summed E-state index contributed by atoms with van der Waals surface area (Å²) in [6, 6.07) is -0.523. The Balaban J connectivity index is 2.02. The fraction of sp³-hybridized carbons (Fsp3) is 0.846. The van der Waals surface area contributed by atoms with Crippen LogP contribution in [0.5, 0.6) is 0 Å². The zero-order chi connectivity index (χ0) is 15.6. The van der Waals surface area contributed by atoms with Gasteiger partial charge in [0.15, 0.2) is 0 Å². The number of aliphatic carboxylic acids is 1. The molecule has 0 radical (unpaired) electrons. The van der Waals surface area contributed by atoms with Gasteiger partial charge in [-0.2, -0.15) is 13.2 Å². The van der Waals surface area contributed by atoms with E-state index in [2.05, 4.69) is 5.32 Å². The summed E-state index contributed by atoms with van der Waals surface area (Å²) in [5.41, 5.74) is 0. The lowest BCUT2D eigenvalue weighted by molar-refractivity contribution is -0.166. The largest absolute Gasteiger partial charge is 0.480 e. The number of carbonyl (C=O) groups excluding carboxylic acids is 1. The summed E-state index contributed by atoms with van der Waals surface area (Å²) in [4.78, 5) is 23.3. The molecule has 3 atom stereocenters. The number of nitrogens with one attached hydrogen (secondary N) is 1. The predicted octanol–water partition coefficient (Wildman–Crippen LogP) is 1.38. The van der Waals surface area contributed by atoms with E-state index >= 15 is 0 Å². The van der Waals surface area contributed by atoms with E-state index < -0.39 is 37.2 Å². The van der Waals surface area contributed by atoms with Crippen LogP contribution in [0.25, 0.3) is 0 Å². The van der Waals surface area contributed by atoms with Crippen molar-refractivity contribution in [2.24, 2.45) is 5.92 Å². The number of rotatable bonds is 4. The fourth-order valence-corrected chi connectivity index (χ4v) is 3.32. The predicted molar refractivity (Wildman–Crippen MR) is 67.6 cm³/mol. The van der Waals surface area contributed by atoms with Crippen LogP contribution < -0.4 is 5.32 Å². The van der Waals surface area contributed by atoms with Crippen molar-refractivity contribution in [1.82, 2.24) is 10.2 Å². The van der Waals surface area contributed by atoms with E-state index in [0.29, 0.717) is 17.2 Å². The summed E-state index contributed by atoms with van der Waals surface area (Å²) in [6.45, 7) is -2.45. The quantitative estimate of drug-likeness (QED) is 0.823. The Bertz CT molecular complexity index is 400. The van der Waals surface area contributed by atoms with Crippen molar-refractivity contribution in [3.8, 4) is 0 Å². The monoisotopic (exact) mass is 308 g/mol. The second-order valence-corrected chi connectivity index (χ2v) is 5.81. The molecule has 0 bridgehead atoms. The van der Waals surface area contributed by atoms with Gasteiger partial charge in [-0.25, -0.2) is 0 Å². The minimum Gasteiger partial charge on any atom is -0.480 e. The van der Waals surface area contributed by atoms with Gasteiger partial charge in [-0.05, 0) is 25.2 Å². The van der Waals surface area contributed by atoms with E-state index in [-0.39, 0.29) is 6.04 Å². The molecule has 0 aromatic carbocycles. The number of amides is 1. The molecule has 1 aliphatic carbocycles. The third kappa shape index (κ3) is 4.33. The van der Waals surface area contributed by atoms with Gasteiger partial charge >= 0.3 is 12.1 Å². The van der Waals surface area contributed by atoms with Crippen molar-refractivity contribution in [2.45, 2.75) is 50.4 Å². The van der Waals surface area contributed by atoms with Crippen LogP contribution in [0.1, 0.15) is 32.1 Å². The first-order valence-electron chi connectivity index (χ1n) is 7.09. The number of carbonyl (C=O) groups is 2. The molecular formula is C13H19F3N2O3. The Kier molecular flexibility index (Phi) is 4.75. The van der Waals surface area contributed by atoms with E-state index in [1.807, 2.05) is 0 Å². The highest BCUT2D eigenvalue weighted by Crippen LogP contribution is 2.33. The van der Waals surface area contributed by atoms with Gasteiger partial charge in [-0.1, -0.05) is 12.8 Å². The molecular weight excluding hydrogens is 289 g/mol. The lowest BCUT2D eigenvalue weighted by atomic mass is 9.85. The molecule has 1 heterocycles. The molecule has 120 valence electrons. The van der Waals surface area contributed by atoms with Crippen LogP contribution in [0.15, 0.2) is 0 Å². The summed E-state index contributed by atoms with van der Waals surface area (Å²) in [5.74, 6) is -1.89. The smallest absolute Gasteiger partial charge is 0.406 e. The Morgan fingerprint density at radius 2 is 1.90 bits per heavy atom. The number of carboxylic acids is 1. The molecule has 2 fully saturated rings. The summed E-state index contributed by atoms with van der Waals surface area (Å²) in [5, 5.41) is 11.8. The highest BCUT2D eigenvalue weighted by atomic mass is 19.4. The molecule has 0 spiro atoms. The van der Waals surface area contributed by atoms with E-state index in [9.17, 15) is 22.8 Å². The van der Waals surface area contributed by atoms with Crippen LogP contribution in [0.2, 0.25) is 0 Å². The summed E-state index contributed by atoms with van der Waals surface area (Å²) < 4.78 is 37.5. The van der Waals surface area contributed by atoms with Crippen molar-refractivity contribution in [2.75, 3.05) is 13.1 Å². The Morgan fingerprint density at radius 1 is 1.24 bits per heavy atom. The number of nitrogens with zero attached hydrogens (tertiary/aromatic N) is 1. The summed E-state index contributed by atoms with van der Waals surface area (Å²) in [6.07, 6.45) is -0.0815. The highest BCUT2D eigenvalue weighted by molar-refractivity contribution is 5.85. The molecule has 0 aromatic heterocycles. The molecule has 21 heavy (non-hydrogen) atoms. The van der Waals surface area contributed by atoms with E-state index in [1.54, 1.807) is 0 Å². The van der Waals surface area contributed by atoms with Gasteiger partial charge in [0.1, 0.15) is 13.1 Å². The number of hydrogen-bond acceptors (Lipinski definition) is 3. The minimum atomic E-state index is -4.60. The third-order valence-electron chi connectivity index (χ3n) is 4.17. The Hall–Kier alpha value is -1.31. The van der Waals surface area contributed by atoms with Crippen LogP contribution in [0.3, 0.4) is 0 Å². The molecule has 2 rings (SSSR count). The summed E-state index contributed by atoms with van der Waals surface area (Å²) in [7, 11) is 0. The minimum absolute atomic E-state index is 0.172. The molecule has 2 N–H and O–H groups in total. The number of carboxylic acid groups (broad SMARTS) is 1. The molecule has 1 saturated carbocycles. The maximum Gasteiger partial charge on any atom is 0.406 e. The van der Waals surface area contributed by atoms with E-state index in [1.165, 1.54) is 0 Å². The molecule has 1 saturated heterocycles. The molecule has 8 heteroatoms. The Morgan fingerprint density at radius 3 is 2.48 bits per heavy atom. The first kappa shape index (κ1) is 16.1. The van der Waals surface area contributed by atoms with E-state index in [0.717, 1.165) is 25.7 Å². The average molecular weight is 308 g/mol. The van der Waals surface area contributed by atoms with Crippen molar-refractivity contribution in [3.05, 3.63) is 0 Å². The fourth-order valence-electron chi connectivity index (χ4n) is 3.32. The summed E-state index contributed by atoms with van der Waals surface area (Å²) >= 11 is 0. The van der Waals surface area contributed by atoms with Gasteiger partial charge in [0, 0.05) is 6.04 Å². The highest BCUT2D eigenvalue weighted by Gasteiger charge is 2.42. The zero-order valence-corrected chi connectivity index (χ0v) is 11.5. The first-order chi connectivity index (χ1) is 9.76. The van der Waals surface area contributed by atoms with Crippen LogP contribution >= 0.6 is 0 Å². The van der Waals surface area contributed by atoms with Crippen molar-refractivity contribution >= 4 is 11.9 Å². The average Bonchev–Trinajstić information content (AvgIpc) is 2.78. The third-order valence-corrected chi connectivity index (χ3v) is 4.17. The zero-order valence-electron chi connectivity index (χ0n) is 11.5. The maximum atomic E-state index is 12.5. The number of alkyl halides is 3. The topological polar surface area (TPSA) is 69.6 Å². The van der Waals surface area contributed by atoms with Gasteiger partial charge in [-0.3, -0.25) is 9.59 Å². The first-order valence-corrected chi connectivity index (χ1v) is 7.09. The number of hydrogen-bond donors (Lipinski definition) is 2. The van der Waals surface area contributed by atoms with Gasteiger partial charge in [-0.15, -0.1) is 0 Å². The molecule has 5 nitrogen and oxygen atoms in total. The lowest BCUT2D eigenvalue weighted by Crippen LogP contribution is -2.50. The second-order valence-electron chi connectivity index (χ2n) is 5.81. The van der Waals surface area contributed by atoms with Crippen LogP contribution in [-0.2, 0) is 9.59 Å². The maximum absolute atomic E-state index is 12.5. The molecule has 1 amide bonds. The standard InChI is InChI=1S/C13H19F3N2O3/c14-13(15,16)7-18(6-11(19)20)12(21)10-5-8-3-1-2-4-9(8)17-10/h8-10,17H,1-7H2,(H,19,20). The molecule has 1 aliphatic heterocycles. The van der Waals surface area contributed by atoms with Gasteiger partial charge in [0.2, 0.25) is 5.91 Å². The number of fused-ring (bicyclic) bond motifs is 1. The normalized spacial score (nSPS) is 29.0. The van der Waals surface area contributed by atoms with E-state index in [4.69, 9.17) is 5.11 Å². The van der Waals surface area contributed by atoms with Gasteiger partial charge in [0.05, 0.1) is 6.04 Å². The van der Waals surface area contributed by atoms with Crippen molar-refractivity contribution < 1.29 is 27.9 Å². The number of halogens is 3. The molecule has 3 unspecified atom stereocenters. The van der Waals surface area contributed by atoms with Gasteiger partial charge < -0.3 is 15.3 Å².